The first kappa shape index (κ1) is 19.7. The molecule has 3 heterocycles. The molecule has 0 radical (unpaired) electrons. The van der Waals surface area contributed by atoms with E-state index in [-0.39, 0.29) is 0 Å². The molecule has 31 heavy (non-hydrogen) atoms. The van der Waals surface area contributed by atoms with Gasteiger partial charge in [0.2, 0.25) is 5.95 Å². The molecule has 1 aliphatic heterocycles. The molecule has 4 aromatic rings. The summed E-state index contributed by atoms with van der Waals surface area (Å²) in [4.78, 5) is 10.2. The van der Waals surface area contributed by atoms with Gasteiger partial charge in [0.05, 0.1) is 41.1 Å². The monoisotopic (exact) mass is 438 g/mol. The van der Waals surface area contributed by atoms with Crippen molar-refractivity contribution in [3.8, 4) is 5.95 Å². The van der Waals surface area contributed by atoms with E-state index in [0.717, 1.165) is 46.1 Å². The first-order valence-electron chi connectivity index (χ1n) is 9.95. The zero-order valence-electron chi connectivity index (χ0n) is 16.8. The van der Waals surface area contributed by atoms with Crippen LogP contribution < -0.4 is 4.72 Å². The number of hydrogen-bond donors (Lipinski definition) is 2. The van der Waals surface area contributed by atoms with Gasteiger partial charge in [-0.25, -0.2) is 13.4 Å². The number of imidazole rings is 1. The maximum Gasteiger partial charge on any atom is 0.254 e. The number of para-hydroxylation sites is 2. The van der Waals surface area contributed by atoms with Gasteiger partial charge in [-0.3, -0.25) is 9.62 Å². The number of morpholine rings is 1. The predicted molar refractivity (Wildman–Crippen MR) is 120 cm³/mol. The third kappa shape index (κ3) is 3.80. The van der Waals surface area contributed by atoms with Crippen molar-refractivity contribution in [2.24, 2.45) is 0 Å². The van der Waals surface area contributed by atoms with Crippen LogP contribution in [-0.4, -0.2) is 59.4 Å². The third-order valence-corrected chi connectivity index (χ3v) is 6.25. The maximum absolute atomic E-state index is 12.2. The van der Waals surface area contributed by atoms with Crippen molar-refractivity contribution >= 4 is 37.6 Å². The molecule has 1 fully saturated rings. The van der Waals surface area contributed by atoms with Crippen LogP contribution in [0.15, 0.2) is 54.5 Å². The van der Waals surface area contributed by atoms with Crippen molar-refractivity contribution in [2.45, 2.75) is 6.54 Å². The maximum atomic E-state index is 12.2. The second kappa shape index (κ2) is 7.80. The van der Waals surface area contributed by atoms with Crippen LogP contribution in [0.1, 0.15) is 5.69 Å². The number of H-pyrrole nitrogens is 1. The SMILES string of the molecule is C=CS(=O)(=O)Nc1cccc2c1c(CN1CCOCC1)nn2-c1nc2ccccc2[nH]1. The van der Waals surface area contributed by atoms with Gasteiger partial charge in [-0.05, 0) is 24.3 Å². The molecular weight excluding hydrogens is 416 g/mol. The Bertz CT molecular complexity index is 1340. The van der Waals surface area contributed by atoms with Crippen molar-refractivity contribution in [3.63, 3.8) is 0 Å². The molecule has 2 aromatic carbocycles. The standard InChI is InChI=1S/C21H22N6O3S/c1-2-31(28,29)25-17-8-5-9-19-20(17)18(14-26-10-12-30-13-11-26)24-27(19)21-22-15-6-3-4-7-16(15)23-21/h2-9,25H,1,10-14H2,(H,22,23). The number of aromatic nitrogens is 4. The predicted octanol–water partition coefficient (Wildman–Crippen LogP) is 2.62. The zero-order valence-corrected chi connectivity index (χ0v) is 17.6. The number of ether oxygens (including phenoxy) is 1. The number of aromatic amines is 1. The Labute approximate surface area is 179 Å². The van der Waals surface area contributed by atoms with Crippen LogP contribution in [0, 0.1) is 0 Å². The third-order valence-electron chi connectivity index (χ3n) is 5.31. The number of hydrogen-bond acceptors (Lipinski definition) is 6. The molecule has 5 rings (SSSR count). The van der Waals surface area contributed by atoms with E-state index in [9.17, 15) is 8.42 Å². The fraction of sp³-hybridized carbons (Fsp3) is 0.238. The van der Waals surface area contributed by atoms with Gasteiger partial charge < -0.3 is 9.72 Å². The smallest absolute Gasteiger partial charge is 0.254 e. The van der Waals surface area contributed by atoms with E-state index in [1.165, 1.54) is 0 Å². The molecule has 0 atom stereocenters. The van der Waals surface area contributed by atoms with Crippen molar-refractivity contribution in [2.75, 3.05) is 31.0 Å². The molecule has 2 aromatic heterocycles. The highest BCUT2D eigenvalue weighted by molar-refractivity contribution is 7.95. The molecular formula is C21H22N6O3S. The highest BCUT2D eigenvalue weighted by Crippen LogP contribution is 2.31. The van der Waals surface area contributed by atoms with Crippen LogP contribution in [0.25, 0.3) is 27.9 Å². The molecule has 10 heteroatoms. The molecule has 0 amide bonds. The minimum absolute atomic E-state index is 0.461. The van der Waals surface area contributed by atoms with E-state index in [1.807, 2.05) is 30.3 Å². The molecule has 0 aliphatic carbocycles. The summed E-state index contributed by atoms with van der Waals surface area (Å²) in [6, 6.07) is 13.2. The Morgan fingerprint density at radius 2 is 1.97 bits per heavy atom. The van der Waals surface area contributed by atoms with E-state index in [0.29, 0.717) is 31.4 Å². The fourth-order valence-electron chi connectivity index (χ4n) is 3.81. The lowest BCUT2D eigenvalue weighted by Gasteiger charge is -2.25. The summed E-state index contributed by atoms with van der Waals surface area (Å²) in [6.45, 7) is 6.87. The number of fused-ring (bicyclic) bond motifs is 2. The number of nitrogens with zero attached hydrogens (tertiary/aromatic N) is 4. The minimum Gasteiger partial charge on any atom is -0.379 e. The van der Waals surface area contributed by atoms with Crippen LogP contribution in [0.2, 0.25) is 0 Å². The first-order chi connectivity index (χ1) is 15.0. The lowest BCUT2D eigenvalue weighted by Crippen LogP contribution is -2.35. The molecule has 9 nitrogen and oxygen atoms in total. The molecule has 0 unspecified atom stereocenters. The van der Waals surface area contributed by atoms with Gasteiger partial charge in [-0.1, -0.05) is 24.8 Å². The molecule has 0 saturated carbocycles. The number of benzene rings is 2. The summed E-state index contributed by atoms with van der Waals surface area (Å²) in [5, 5.41) is 6.48. The molecule has 2 N–H and O–H groups in total. The summed E-state index contributed by atoms with van der Waals surface area (Å²) < 4.78 is 34.2. The summed E-state index contributed by atoms with van der Waals surface area (Å²) in [5.41, 5.74) is 3.72. The lowest BCUT2D eigenvalue weighted by atomic mass is 10.1. The number of nitrogens with one attached hydrogen (secondary N) is 2. The van der Waals surface area contributed by atoms with Crippen LogP contribution in [-0.2, 0) is 21.3 Å². The second-order valence-electron chi connectivity index (χ2n) is 7.34. The molecule has 1 aliphatic rings. The largest absolute Gasteiger partial charge is 0.379 e. The Kier molecular flexibility index (Phi) is 4.97. The van der Waals surface area contributed by atoms with Crippen LogP contribution >= 0.6 is 0 Å². The van der Waals surface area contributed by atoms with E-state index in [4.69, 9.17) is 9.84 Å². The lowest BCUT2D eigenvalue weighted by molar-refractivity contribution is 0.0338. The molecule has 1 saturated heterocycles. The average molecular weight is 439 g/mol. The van der Waals surface area contributed by atoms with E-state index >= 15 is 0 Å². The van der Waals surface area contributed by atoms with Gasteiger partial charge >= 0.3 is 0 Å². The molecule has 0 spiro atoms. The quantitative estimate of drug-likeness (QED) is 0.479. The van der Waals surface area contributed by atoms with Crippen molar-refractivity contribution < 1.29 is 13.2 Å². The van der Waals surface area contributed by atoms with E-state index < -0.39 is 10.0 Å². The normalized spacial score (nSPS) is 15.5. The van der Waals surface area contributed by atoms with Crippen LogP contribution in [0.5, 0.6) is 0 Å². The van der Waals surface area contributed by atoms with E-state index in [1.54, 1.807) is 16.8 Å². The van der Waals surface area contributed by atoms with Crippen molar-refractivity contribution in [1.29, 1.82) is 0 Å². The zero-order chi connectivity index (χ0) is 21.4. The molecule has 0 bridgehead atoms. The minimum atomic E-state index is -3.67. The highest BCUT2D eigenvalue weighted by Gasteiger charge is 2.21. The Hall–Kier alpha value is -3.21. The summed E-state index contributed by atoms with van der Waals surface area (Å²) >= 11 is 0. The number of anilines is 1. The van der Waals surface area contributed by atoms with Gasteiger partial charge in [-0.15, -0.1) is 0 Å². The Morgan fingerprint density at radius 3 is 2.74 bits per heavy atom. The molecule has 160 valence electrons. The van der Waals surface area contributed by atoms with Crippen molar-refractivity contribution in [1.82, 2.24) is 24.6 Å². The highest BCUT2D eigenvalue weighted by atomic mass is 32.2. The topological polar surface area (TPSA) is 105 Å². The summed E-state index contributed by atoms with van der Waals surface area (Å²) in [7, 11) is -3.67. The van der Waals surface area contributed by atoms with Gasteiger partial charge in [0.25, 0.3) is 10.0 Å². The van der Waals surface area contributed by atoms with Gasteiger partial charge in [0, 0.05) is 30.4 Å². The second-order valence-corrected chi connectivity index (χ2v) is 8.97. The van der Waals surface area contributed by atoms with Crippen LogP contribution in [0.3, 0.4) is 0 Å². The van der Waals surface area contributed by atoms with Crippen molar-refractivity contribution in [3.05, 3.63) is 60.1 Å². The average Bonchev–Trinajstić information content (AvgIpc) is 3.36. The van der Waals surface area contributed by atoms with E-state index in [2.05, 4.69) is 26.2 Å². The van der Waals surface area contributed by atoms with Crippen LogP contribution in [0.4, 0.5) is 5.69 Å². The summed E-state index contributed by atoms with van der Waals surface area (Å²) in [5.74, 6) is 0.572. The first-order valence-corrected chi connectivity index (χ1v) is 11.5. The number of sulfonamides is 1. The van der Waals surface area contributed by atoms with Gasteiger partial charge in [-0.2, -0.15) is 9.78 Å². The van der Waals surface area contributed by atoms with Gasteiger partial charge in [0.15, 0.2) is 0 Å². The fourth-order valence-corrected chi connectivity index (χ4v) is 4.37. The number of rotatable bonds is 6. The van der Waals surface area contributed by atoms with Gasteiger partial charge in [0.1, 0.15) is 0 Å². The Morgan fingerprint density at radius 1 is 1.16 bits per heavy atom. The Balaban J connectivity index is 1.67. The summed E-state index contributed by atoms with van der Waals surface area (Å²) in [6.07, 6.45) is 0.